The van der Waals surface area contributed by atoms with E-state index in [1.54, 1.807) is 5.43 Å². The van der Waals surface area contributed by atoms with E-state index in [0.717, 1.165) is 19.4 Å². The lowest BCUT2D eigenvalue weighted by molar-refractivity contribution is 0.124. The van der Waals surface area contributed by atoms with Crippen molar-refractivity contribution in [3.63, 3.8) is 0 Å². The molecule has 0 aromatic heterocycles. The first-order valence-electron chi connectivity index (χ1n) is 5.97. The van der Waals surface area contributed by atoms with Crippen molar-refractivity contribution in [3.8, 4) is 0 Å². The summed E-state index contributed by atoms with van der Waals surface area (Å²) in [5.74, 6) is 4.68. The zero-order valence-corrected chi connectivity index (χ0v) is 13.0. The van der Waals surface area contributed by atoms with Crippen LogP contribution in [0.4, 0.5) is 4.79 Å². The molecule has 7 nitrogen and oxygen atoms in total. The molecule has 2 amide bonds. The second-order valence-corrected chi connectivity index (χ2v) is 4.37. The molecule has 0 rings (SSSR count). The first-order valence-corrected chi connectivity index (χ1v) is 6.83. The first-order chi connectivity index (χ1) is 9.08. The van der Waals surface area contributed by atoms with Crippen LogP contribution in [0, 0.1) is 0 Å². The summed E-state index contributed by atoms with van der Waals surface area (Å²) in [4.78, 5) is 14.7. The molecular weight excluding hydrogens is 288 g/mol. The Bertz CT molecular complexity index is 265. The summed E-state index contributed by atoms with van der Waals surface area (Å²) in [6.45, 7) is 5.23. The number of nitrogens with one attached hydrogen (secondary N) is 1. The van der Waals surface area contributed by atoms with Gasteiger partial charge < -0.3 is 9.57 Å². The number of carbonyl (C=O) groups is 1. The van der Waals surface area contributed by atoms with E-state index in [2.05, 4.69) is 52.8 Å². The Hall–Kier alpha value is -0.930. The molecule has 0 fully saturated rings. The average Bonchev–Trinajstić information content (AvgIpc) is 2.40. The number of hydrazine groups is 1. The maximum atomic E-state index is 10.2. The second-order valence-electron chi connectivity index (χ2n) is 3.29. The molecule has 0 aromatic carbocycles. The Morgan fingerprint density at radius 3 is 2.47 bits per heavy atom. The van der Waals surface area contributed by atoms with Crippen molar-refractivity contribution >= 4 is 35.3 Å². The van der Waals surface area contributed by atoms with Crippen LogP contribution in [-0.4, -0.2) is 23.6 Å². The van der Waals surface area contributed by atoms with Gasteiger partial charge in [-0.3, -0.25) is 5.43 Å². The predicted molar refractivity (Wildman–Crippen MR) is 80.9 cm³/mol. The van der Waals surface area contributed by atoms with E-state index in [1.165, 1.54) is 12.8 Å². The van der Waals surface area contributed by atoms with Crippen LogP contribution in [0.15, 0.2) is 10.4 Å². The van der Waals surface area contributed by atoms with Crippen molar-refractivity contribution in [2.75, 3.05) is 13.2 Å². The molecule has 0 atom stereocenters. The lowest BCUT2D eigenvalue weighted by Crippen LogP contribution is -2.26. The number of urea groups is 1. The van der Waals surface area contributed by atoms with Gasteiger partial charge in [-0.25, -0.2) is 10.6 Å². The molecule has 0 radical (unpaired) electrons. The van der Waals surface area contributed by atoms with Gasteiger partial charge in [-0.2, -0.15) is 0 Å². The maximum Gasteiger partial charge on any atom is 0.376 e. The van der Waals surface area contributed by atoms with Gasteiger partial charge in [0.05, 0.1) is 6.61 Å². The lowest BCUT2D eigenvalue weighted by Gasteiger charge is -1.99. The molecule has 0 heterocycles. The molecule has 0 spiro atoms. The number of ether oxygens (including phenoxy) is 1. The Balaban J connectivity index is 0. The summed E-state index contributed by atoms with van der Waals surface area (Å²) < 4.78 is 5.29. The number of hydrogen-bond donors (Lipinski definition) is 3. The second kappa shape index (κ2) is 17.1. The number of amides is 2. The van der Waals surface area contributed by atoms with Crippen molar-refractivity contribution in [2.45, 2.75) is 39.5 Å². The van der Waals surface area contributed by atoms with Crippen molar-refractivity contribution in [2.24, 2.45) is 16.2 Å². The molecule has 0 aliphatic carbocycles. The van der Waals surface area contributed by atoms with Crippen molar-refractivity contribution in [1.29, 1.82) is 0 Å². The quantitative estimate of drug-likeness (QED) is 0.128. The number of unbranched alkanes of at least 4 members (excludes halogenated alkanes) is 2. The molecule has 0 bridgehead atoms. The van der Waals surface area contributed by atoms with Gasteiger partial charge in [0.25, 0.3) is 0 Å². The normalized spacial score (nSPS) is 9.47. The molecule has 0 aliphatic rings. The summed E-state index contributed by atoms with van der Waals surface area (Å²) in [7, 11) is 0. The van der Waals surface area contributed by atoms with Crippen LogP contribution in [0.1, 0.15) is 39.5 Å². The summed E-state index contributed by atoms with van der Waals surface area (Å²) >= 11 is 8.40. The van der Waals surface area contributed by atoms with Crippen LogP contribution in [0.25, 0.3) is 0 Å². The Kier molecular flexibility index (Phi) is 18.3. The molecule has 0 unspecified atom stereocenters. The SMILES string of the molecule is CCCCCOC(=S)S.CCCON=NC(=O)NN. The molecule has 0 saturated heterocycles. The standard InChI is InChI=1S/C6H12OS2.C4H10N4O2/c1-2-3-4-5-7-6(8)9;1-2-3-10-8-7-4(9)6-5/h2-5H2,1H3,(H,8,9);2-3,5H2,1H3,(H,6,9). The van der Waals surface area contributed by atoms with Gasteiger partial charge >= 0.3 is 6.03 Å². The van der Waals surface area contributed by atoms with Crippen molar-refractivity contribution in [3.05, 3.63) is 0 Å². The third-order valence-corrected chi connectivity index (χ3v) is 1.83. The zero-order chi connectivity index (χ0) is 14.9. The highest BCUT2D eigenvalue weighted by atomic mass is 32.1. The summed E-state index contributed by atoms with van der Waals surface area (Å²) in [6, 6.07) is -0.726. The van der Waals surface area contributed by atoms with Gasteiger partial charge in [0, 0.05) is 5.28 Å². The Morgan fingerprint density at radius 1 is 1.32 bits per heavy atom. The van der Waals surface area contributed by atoms with Gasteiger partial charge in [-0.05, 0) is 25.1 Å². The monoisotopic (exact) mass is 310 g/mol. The molecule has 9 heteroatoms. The van der Waals surface area contributed by atoms with Crippen LogP contribution in [0.2, 0.25) is 0 Å². The fourth-order valence-electron chi connectivity index (χ4n) is 0.738. The minimum atomic E-state index is -0.726. The van der Waals surface area contributed by atoms with Crippen LogP contribution in [-0.2, 0) is 9.57 Å². The number of nitrogens with zero attached hydrogens (tertiary/aromatic N) is 2. The van der Waals surface area contributed by atoms with Crippen LogP contribution >= 0.6 is 24.8 Å². The lowest BCUT2D eigenvalue weighted by atomic mass is 10.3. The fraction of sp³-hybridized carbons (Fsp3) is 0.800. The minimum Gasteiger partial charge on any atom is -0.479 e. The van der Waals surface area contributed by atoms with Gasteiger partial charge in [0.1, 0.15) is 6.61 Å². The van der Waals surface area contributed by atoms with Crippen molar-refractivity contribution in [1.82, 2.24) is 5.43 Å². The smallest absolute Gasteiger partial charge is 0.376 e. The minimum absolute atomic E-state index is 0.353. The number of thiol groups is 1. The molecule has 112 valence electrons. The number of hydrogen-bond acceptors (Lipinski definition) is 6. The highest BCUT2D eigenvalue weighted by Crippen LogP contribution is 1.96. The van der Waals surface area contributed by atoms with E-state index in [9.17, 15) is 4.79 Å². The summed E-state index contributed by atoms with van der Waals surface area (Å²) in [5, 5.41) is 6.07. The van der Waals surface area contributed by atoms with Gasteiger partial charge in [-0.15, -0.1) is 0 Å². The average molecular weight is 310 g/mol. The molecule has 19 heavy (non-hydrogen) atoms. The van der Waals surface area contributed by atoms with Gasteiger partial charge in [0.15, 0.2) is 0 Å². The topological polar surface area (TPSA) is 98.3 Å². The molecular formula is C10H22N4O3S2. The highest BCUT2D eigenvalue weighted by molar-refractivity contribution is 8.10. The number of nitrogens with two attached hydrogens (primary N) is 1. The zero-order valence-electron chi connectivity index (χ0n) is 11.3. The van der Waals surface area contributed by atoms with Crippen LogP contribution in [0.3, 0.4) is 0 Å². The predicted octanol–water partition coefficient (Wildman–Crippen LogP) is 2.77. The highest BCUT2D eigenvalue weighted by Gasteiger charge is 1.89. The number of rotatable bonds is 7. The summed E-state index contributed by atoms with van der Waals surface area (Å²) in [5.41, 5.74) is 1.76. The molecule has 3 N–H and O–H groups in total. The van der Waals surface area contributed by atoms with E-state index in [1.807, 2.05) is 6.92 Å². The molecule has 0 aromatic rings. The van der Waals surface area contributed by atoms with Gasteiger partial charge in [0.2, 0.25) is 4.38 Å². The van der Waals surface area contributed by atoms with E-state index >= 15 is 0 Å². The fourth-order valence-corrected chi connectivity index (χ4v) is 0.913. The van der Waals surface area contributed by atoms with E-state index in [-0.39, 0.29) is 0 Å². The molecule has 0 saturated carbocycles. The largest absolute Gasteiger partial charge is 0.479 e. The van der Waals surface area contributed by atoms with Crippen LogP contribution < -0.4 is 11.3 Å². The van der Waals surface area contributed by atoms with E-state index in [4.69, 9.17) is 4.74 Å². The Morgan fingerprint density at radius 2 is 2.00 bits per heavy atom. The van der Waals surface area contributed by atoms with E-state index in [0.29, 0.717) is 11.0 Å². The van der Waals surface area contributed by atoms with Gasteiger partial charge in [-0.1, -0.05) is 44.4 Å². The third kappa shape index (κ3) is 22.7. The summed E-state index contributed by atoms with van der Waals surface area (Å²) in [6.07, 6.45) is 4.32. The number of thiocarbonyl (C=S) groups is 1. The van der Waals surface area contributed by atoms with E-state index < -0.39 is 6.03 Å². The number of carbonyl (C=O) groups excluding carboxylic acids is 1. The molecule has 0 aliphatic heterocycles. The third-order valence-electron chi connectivity index (χ3n) is 1.58. The van der Waals surface area contributed by atoms with Crippen molar-refractivity contribution < 1.29 is 14.4 Å². The first kappa shape index (κ1) is 20.4. The maximum absolute atomic E-state index is 10.2. The van der Waals surface area contributed by atoms with Crippen LogP contribution in [0.5, 0.6) is 0 Å². The Labute approximate surface area is 124 Å².